The van der Waals surface area contributed by atoms with Crippen LogP contribution in [0, 0.1) is 11.3 Å². The van der Waals surface area contributed by atoms with E-state index in [-0.39, 0.29) is 0 Å². The summed E-state index contributed by atoms with van der Waals surface area (Å²) in [5, 5.41) is 8.27. The van der Waals surface area contributed by atoms with E-state index >= 15 is 0 Å². The summed E-state index contributed by atoms with van der Waals surface area (Å²) in [5.74, 6) is -0.749. The molecule has 0 aliphatic heterocycles. The van der Waals surface area contributed by atoms with Crippen molar-refractivity contribution in [2.24, 2.45) is 0 Å². The molecule has 0 spiro atoms. The molecule has 1 aliphatic rings. The van der Waals surface area contributed by atoms with E-state index < -0.39 is 37.8 Å². The maximum atomic E-state index is 12.6. The van der Waals surface area contributed by atoms with E-state index in [2.05, 4.69) is 9.72 Å². The normalized spacial score (nSPS) is 17.0. The number of halogens is 3. The Bertz CT molecular complexity index is 689. The van der Waals surface area contributed by atoms with Crippen LogP contribution in [0.2, 0.25) is 0 Å². The fourth-order valence-corrected chi connectivity index (χ4v) is 4.43. The lowest BCUT2D eigenvalue weighted by atomic mass is 10.0. The van der Waals surface area contributed by atoms with Crippen LogP contribution in [0.5, 0.6) is 5.75 Å². The SMILES string of the molecule is N#Cc1ncc(OC(F)(F)F)cc1S(=O)(=O)C1CCCCC1. The maximum absolute atomic E-state index is 12.6. The highest BCUT2D eigenvalue weighted by Gasteiger charge is 2.35. The number of sulfone groups is 1. The Morgan fingerprint density at radius 2 is 1.91 bits per heavy atom. The van der Waals surface area contributed by atoms with Crippen molar-refractivity contribution in [2.45, 2.75) is 48.6 Å². The van der Waals surface area contributed by atoms with E-state index in [4.69, 9.17) is 5.26 Å². The Kier molecular flexibility index (Phi) is 4.60. The van der Waals surface area contributed by atoms with Gasteiger partial charge in [0, 0.05) is 6.07 Å². The molecule has 0 unspecified atom stereocenters. The van der Waals surface area contributed by atoms with Crippen LogP contribution >= 0.6 is 0 Å². The molecule has 0 radical (unpaired) electrons. The van der Waals surface area contributed by atoms with Gasteiger partial charge in [0.05, 0.1) is 11.4 Å². The highest BCUT2D eigenvalue weighted by molar-refractivity contribution is 7.92. The maximum Gasteiger partial charge on any atom is 0.573 e. The van der Waals surface area contributed by atoms with Crippen LogP contribution in [-0.4, -0.2) is 25.0 Å². The lowest BCUT2D eigenvalue weighted by molar-refractivity contribution is -0.274. The number of hydrogen-bond acceptors (Lipinski definition) is 5. The summed E-state index contributed by atoms with van der Waals surface area (Å²) in [7, 11) is -3.92. The zero-order valence-corrected chi connectivity index (χ0v) is 12.2. The first kappa shape index (κ1) is 16.5. The second-order valence-electron chi connectivity index (χ2n) is 4.98. The standard InChI is InChI=1S/C13H13F3N2O3S/c14-13(15,16)21-9-6-12(11(7-17)18-8-9)22(19,20)10-4-2-1-3-5-10/h6,8,10H,1-5H2. The predicted molar refractivity (Wildman–Crippen MR) is 69.7 cm³/mol. The zero-order valence-electron chi connectivity index (χ0n) is 11.4. The summed E-state index contributed by atoms with van der Waals surface area (Å²) in [6.07, 6.45) is -1.02. The van der Waals surface area contributed by atoms with Gasteiger partial charge in [-0.1, -0.05) is 19.3 Å². The molecule has 22 heavy (non-hydrogen) atoms. The molecule has 1 fully saturated rings. The van der Waals surface area contributed by atoms with Crippen molar-refractivity contribution >= 4 is 9.84 Å². The molecule has 1 aromatic rings. The quantitative estimate of drug-likeness (QED) is 0.849. The van der Waals surface area contributed by atoms with Crippen molar-refractivity contribution in [3.05, 3.63) is 18.0 Å². The zero-order chi connectivity index (χ0) is 16.4. The molecule has 0 bridgehead atoms. The van der Waals surface area contributed by atoms with Crippen LogP contribution in [-0.2, 0) is 9.84 Å². The second-order valence-corrected chi connectivity index (χ2v) is 7.18. The van der Waals surface area contributed by atoms with Crippen molar-refractivity contribution in [1.82, 2.24) is 4.98 Å². The van der Waals surface area contributed by atoms with Gasteiger partial charge in [-0.2, -0.15) is 5.26 Å². The Morgan fingerprint density at radius 1 is 1.27 bits per heavy atom. The lowest BCUT2D eigenvalue weighted by Crippen LogP contribution is -2.25. The first-order valence-electron chi connectivity index (χ1n) is 6.64. The van der Waals surface area contributed by atoms with Crippen molar-refractivity contribution < 1.29 is 26.3 Å². The fraction of sp³-hybridized carbons (Fsp3) is 0.538. The fourth-order valence-electron chi connectivity index (χ4n) is 2.47. The van der Waals surface area contributed by atoms with E-state index in [0.29, 0.717) is 19.0 Å². The second kappa shape index (κ2) is 6.12. The summed E-state index contributed by atoms with van der Waals surface area (Å²) in [6.45, 7) is 0. The molecule has 0 aromatic carbocycles. The number of nitrogens with zero attached hydrogens (tertiary/aromatic N) is 2. The summed E-state index contributed by atoms with van der Waals surface area (Å²) >= 11 is 0. The molecule has 5 nitrogen and oxygen atoms in total. The van der Waals surface area contributed by atoms with E-state index in [1.165, 1.54) is 0 Å². The predicted octanol–water partition coefficient (Wildman–Crippen LogP) is 2.96. The van der Waals surface area contributed by atoms with Crippen LogP contribution in [0.1, 0.15) is 37.8 Å². The van der Waals surface area contributed by atoms with Crippen LogP contribution in [0.15, 0.2) is 17.2 Å². The van der Waals surface area contributed by atoms with Crippen molar-refractivity contribution in [3.63, 3.8) is 0 Å². The van der Waals surface area contributed by atoms with Crippen LogP contribution in [0.25, 0.3) is 0 Å². The molecular formula is C13H13F3N2O3S. The van der Waals surface area contributed by atoms with Gasteiger partial charge in [-0.15, -0.1) is 13.2 Å². The smallest absolute Gasteiger partial charge is 0.404 e. The largest absolute Gasteiger partial charge is 0.573 e. The minimum atomic E-state index is -4.96. The van der Waals surface area contributed by atoms with E-state index in [1.807, 2.05) is 0 Å². The van der Waals surface area contributed by atoms with E-state index in [1.54, 1.807) is 6.07 Å². The minimum absolute atomic E-state index is 0.417. The van der Waals surface area contributed by atoms with Gasteiger partial charge in [0.2, 0.25) is 0 Å². The Labute approximate surface area is 125 Å². The molecular weight excluding hydrogens is 321 g/mol. The number of alkyl halides is 3. The van der Waals surface area contributed by atoms with Gasteiger partial charge in [-0.3, -0.25) is 0 Å². The van der Waals surface area contributed by atoms with Crippen molar-refractivity contribution in [1.29, 1.82) is 5.26 Å². The average Bonchev–Trinajstić information content (AvgIpc) is 2.46. The molecule has 1 heterocycles. The Balaban J connectivity index is 2.43. The molecule has 0 amide bonds. The Morgan fingerprint density at radius 3 is 2.45 bits per heavy atom. The number of rotatable bonds is 3. The third kappa shape index (κ3) is 3.68. The topological polar surface area (TPSA) is 80.0 Å². The first-order chi connectivity index (χ1) is 10.2. The molecule has 1 saturated carbocycles. The van der Waals surface area contributed by atoms with Crippen molar-refractivity contribution in [3.8, 4) is 11.8 Å². The van der Waals surface area contributed by atoms with Gasteiger partial charge in [0.25, 0.3) is 0 Å². The average molecular weight is 334 g/mol. The van der Waals surface area contributed by atoms with Crippen LogP contribution in [0.4, 0.5) is 13.2 Å². The molecule has 9 heteroatoms. The number of nitriles is 1. The molecule has 0 atom stereocenters. The number of pyridine rings is 1. The molecule has 2 rings (SSSR count). The van der Waals surface area contributed by atoms with Gasteiger partial charge in [-0.25, -0.2) is 13.4 Å². The van der Waals surface area contributed by atoms with E-state index in [9.17, 15) is 21.6 Å². The van der Waals surface area contributed by atoms with Gasteiger partial charge in [-0.05, 0) is 12.8 Å². The number of aromatic nitrogens is 1. The summed E-state index contributed by atoms with van der Waals surface area (Å²) in [6, 6.07) is 2.33. The Hall–Kier alpha value is -1.82. The lowest BCUT2D eigenvalue weighted by Gasteiger charge is -2.22. The van der Waals surface area contributed by atoms with Crippen LogP contribution < -0.4 is 4.74 Å². The first-order valence-corrected chi connectivity index (χ1v) is 8.18. The molecule has 1 aromatic heterocycles. The molecule has 0 saturated heterocycles. The molecule has 120 valence electrons. The van der Waals surface area contributed by atoms with Crippen LogP contribution in [0.3, 0.4) is 0 Å². The summed E-state index contributed by atoms with van der Waals surface area (Å²) < 4.78 is 65.5. The van der Waals surface area contributed by atoms with Gasteiger partial charge >= 0.3 is 6.36 Å². The highest BCUT2D eigenvalue weighted by atomic mass is 32.2. The number of ether oxygens (including phenoxy) is 1. The third-order valence-electron chi connectivity index (χ3n) is 3.46. The molecule has 0 N–H and O–H groups in total. The third-order valence-corrected chi connectivity index (χ3v) is 5.74. The monoisotopic (exact) mass is 334 g/mol. The molecule has 1 aliphatic carbocycles. The number of hydrogen-bond donors (Lipinski definition) is 0. The van der Waals surface area contributed by atoms with E-state index in [0.717, 1.165) is 25.3 Å². The van der Waals surface area contributed by atoms with Gasteiger partial charge in [0.15, 0.2) is 15.5 Å². The van der Waals surface area contributed by atoms with Crippen molar-refractivity contribution in [2.75, 3.05) is 0 Å². The summed E-state index contributed by atoms with van der Waals surface area (Å²) in [4.78, 5) is 2.98. The van der Waals surface area contributed by atoms with Gasteiger partial charge < -0.3 is 4.74 Å². The highest BCUT2D eigenvalue weighted by Crippen LogP contribution is 2.32. The van der Waals surface area contributed by atoms with Gasteiger partial charge in [0.1, 0.15) is 16.7 Å². The minimum Gasteiger partial charge on any atom is -0.404 e. The summed E-state index contributed by atoms with van der Waals surface area (Å²) in [5.41, 5.74) is -0.417.